The van der Waals surface area contributed by atoms with Crippen LogP contribution in [0.4, 0.5) is 10.1 Å². The monoisotopic (exact) mass is 231 g/mol. The minimum absolute atomic E-state index is 0.254. The number of aliphatic hydroxyl groups excluding tert-OH is 1. The van der Waals surface area contributed by atoms with Crippen LogP contribution in [0, 0.1) is 5.82 Å². The van der Waals surface area contributed by atoms with Crippen molar-refractivity contribution in [3.05, 3.63) is 24.0 Å². The van der Waals surface area contributed by atoms with Crippen LogP contribution < -0.4 is 5.73 Å². The van der Waals surface area contributed by atoms with Crippen molar-refractivity contribution in [2.75, 3.05) is 25.2 Å². The van der Waals surface area contributed by atoms with Gasteiger partial charge < -0.3 is 15.6 Å². The summed E-state index contributed by atoms with van der Waals surface area (Å²) in [5, 5.41) is 9.36. The van der Waals surface area contributed by atoms with Gasteiger partial charge in [-0.25, -0.2) is 4.39 Å². The molecular formula is C10H14FNO2S. The summed E-state index contributed by atoms with van der Waals surface area (Å²) >= 11 is 1.24. The minimum atomic E-state index is -0.586. The zero-order valence-corrected chi connectivity index (χ0v) is 9.26. The van der Waals surface area contributed by atoms with Crippen LogP contribution >= 0.6 is 11.8 Å². The lowest BCUT2D eigenvalue weighted by molar-refractivity contribution is 0.0794. The van der Waals surface area contributed by atoms with Gasteiger partial charge in [0.1, 0.15) is 5.82 Å². The number of ether oxygens (including phenoxy) is 1. The quantitative estimate of drug-likeness (QED) is 0.595. The molecule has 0 bridgehead atoms. The Kier molecular flexibility index (Phi) is 4.87. The lowest BCUT2D eigenvalue weighted by Gasteiger charge is -2.09. The second-order valence-electron chi connectivity index (χ2n) is 3.11. The number of benzene rings is 1. The SMILES string of the molecule is COCC(O)CSc1ccc(N)cc1F. The van der Waals surface area contributed by atoms with Gasteiger partial charge in [-0.3, -0.25) is 0 Å². The van der Waals surface area contributed by atoms with Crippen LogP contribution in [0.1, 0.15) is 0 Å². The molecule has 1 aromatic rings. The van der Waals surface area contributed by atoms with Crippen molar-refractivity contribution in [3.63, 3.8) is 0 Å². The molecule has 0 aliphatic carbocycles. The van der Waals surface area contributed by atoms with Crippen LogP contribution in [0.25, 0.3) is 0 Å². The van der Waals surface area contributed by atoms with Gasteiger partial charge in [0.15, 0.2) is 0 Å². The van der Waals surface area contributed by atoms with Crippen LogP contribution in [0.5, 0.6) is 0 Å². The normalized spacial score (nSPS) is 12.7. The lowest BCUT2D eigenvalue weighted by Crippen LogP contribution is -2.16. The van der Waals surface area contributed by atoms with Gasteiger partial charge in [0, 0.05) is 23.4 Å². The number of nitrogen functional groups attached to an aromatic ring is 1. The fourth-order valence-corrected chi connectivity index (χ4v) is 1.89. The van der Waals surface area contributed by atoms with Gasteiger partial charge in [-0.1, -0.05) is 0 Å². The fraction of sp³-hybridized carbons (Fsp3) is 0.400. The summed E-state index contributed by atoms with van der Waals surface area (Å²) in [6.07, 6.45) is -0.586. The minimum Gasteiger partial charge on any atom is -0.399 e. The summed E-state index contributed by atoms with van der Waals surface area (Å²) in [6.45, 7) is 0.254. The summed E-state index contributed by atoms with van der Waals surface area (Å²) in [6, 6.07) is 4.51. The van der Waals surface area contributed by atoms with E-state index in [1.165, 1.54) is 24.9 Å². The molecule has 0 spiro atoms. The molecule has 1 unspecified atom stereocenters. The number of rotatable bonds is 5. The predicted octanol–water partition coefficient (Wildman–Crippen LogP) is 1.51. The summed E-state index contributed by atoms with van der Waals surface area (Å²) < 4.78 is 18.0. The molecule has 3 N–H and O–H groups in total. The van der Waals surface area contributed by atoms with Crippen molar-refractivity contribution in [2.24, 2.45) is 0 Å². The molecule has 0 aliphatic heterocycles. The Balaban J connectivity index is 2.50. The van der Waals surface area contributed by atoms with E-state index in [0.717, 1.165) is 0 Å². The molecule has 15 heavy (non-hydrogen) atoms. The van der Waals surface area contributed by atoms with Gasteiger partial charge in [-0.05, 0) is 18.2 Å². The molecule has 1 atom stereocenters. The van der Waals surface area contributed by atoms with Crippen molar-refractivity contribution >= 4 is 17.4 Å². The van der Waals surface area contributed by atoms with Gasteiger partial charge in [-0.2, -0.15) is 0 Å². The molecule has 1 rings (SSSR count). The van der Waals surface area contributed by atoms with Gasteiger partial charge in [0.25, 0.3) is 0 Å². The number of aliphatic hydroxyl groups is 1. The molecule has 0 amide bonds. The van der Waals surface area contributed by atoms with E-state index < -0.39 is 6.10 Å². The van der Waals surface area contributed by atoms with Crippen molar-refractivity contribution in [1.29, 1.82) is 0 Å². The summed E-state index contributed by atoms with van der Waals surface area (Å²) in [5.41, 5.74) is 5.81. The first-order chi connectivity index (χ1) is 7.13. The number of anilines is 1. The van der Waals surface area contributed by atoms with Crippen molar-refractivity contribution in [1.82, 2.24) is 0 Å². The van der Waals surface area contributed by atoms with Crippen molar-refractivity contribution in [2.45, 2.75) is 11.0 Å². The van der Waals surface area contributed by atoms with Crippen LogP contribution in [0.15, 0.2) is 23.1 Å². The smallest absolute Gasteiger partial charge is 0.138 e. The number of halogens is 1. The van der Waals surface area contributed by atoms with E-state index in [9.17, 15) is 9.50 Å². The molecule has 0 radical (unpaired) electrons. The third-order valence-corrected chi connectivity index (χ3v) is 2.94. The number of methoxy groups -OCH3 is 1. The van der Waals surface area contributed by atoms with Crippen LogP contribution in [0.3, 0.4) is 0 Å². The first-order valence-electron chi connectivity index (χ1n) is 4.48. The van der Waals surface area contributed by atoms with E-state index in [2.05, 4.69) is 0 Å². The highest BCUT2D eigenvalue weighted by atomic mass is 32.2. The number of hydrogen-bond acceptors (Lipinski definition) is 4. The third-order valence-electron chi connectivity index (χ3n) is 1.75. The maximum absolute atomic E-state index is 13.3. The summed E-state index contributed by atoms with van der Waals surface area (Å²) in [7, 11) is 1.51. The first kappa shape index (κ1) is 12.3. The molecule has 1 aromatic carbocycles. The standard InChI is InChI=1S/C10H14FNO2S/c1-14-5-8(13)6-15-10-3-2-7(12)4-9(10)11/h2-4,8,13H,5-6,12H2,1H3. The van der Waals surface area contributed by atoms with E-state index in [-0.39, 0.29) is 12.4 Å². The molecule has 5 heteroatoms. The van der Waals surface area contributed by atoms with E-state index in [4.69, 9.17) is 10.5 Å². The molecule has 0 aromatic heterocycles. The summed E-state index contributed by atoms with van der Waals surface area (Å²) in [5.74, 6) is 0.0407. The molecular weight excluding hydrogens is 217 g/mol. The molecule has 0 aliphatic rings. The van der Waals surface area contributed by atoms with E-state index in [1.54, 1.807) is 12.1 Å². The Morgan fingerprint density at radius 1 is 1.60 bits per heavy atom. The van der Waals surface area contributed by atoms with Crippen LogP contribution in [-0.4, -0.2) is 30.7 Å². The fourth-order valence-electron chi connectivity index (χ4n) is 1.06. The zero-order valence-electron chi connectivity index (χ0n) is 8.44. The number of nitrogens with two attached hydrogens (primary N) is 1. The topological polar surface area (TPSA) is 55.5 Å². The maximum atomic E-state index is 13.3. The Morgan fingerprint density at radius 2 is 2.33 bits per heavy atom. The first-order valence-corrected chi connectivity index (χ1v) is 5.47. The Labute approximate surface area is 92.4 Å². The molecule has 0 saturated carbocycles. The van der Waals surface area contributed by atoms with Gasteiger partial charge in [-0.15, -0.1) is 11.8 Å². The molecule has 0 heterocycles. The summed E-state index contributed by atoms with van der Waals surface area (Å²) in [4.78, 5) is 0.486. The molecule has 3 nitrogen and oxygen atoms in total. The Bertz CT molecular complexity index is 322. The highest BCUT2D eigenvalue weighted by Gasteiger charge is 2.07. The second-order valence-corrected chi connectivity index (χ2v) is 4.17. The predicted molar refractivity (Wildman–Crippen MR) is 59.4 cm³/mol. The average molecular weight is 231 g/mol. The average Bonchev–Trinajstić information content (AvgIpc) is 2.17. The van der Waals surface area contributed by atoms with E-state index in [1.807, 2.05) is 0 Å². The third kappa shape index (κ3) is 4.07. The highest BCUT2D eigenvalue weighted by Crippen LogP contribution is 2.23. The highest BCUT2D eigenvalue weighted by molar-refractivity contribution is 7.99. The van der Waals surface area contributed by atoms with Crippen molar-refractivity contribution in [3.8, 4) is 0 Å². The van der Waals surface area contributed by atoms with Gasteiger partial charge in [0.2, 0.25) is 0 Å². The number of thioether (sulfide) groups is 1. The molecule has 0 fully saturated rings. The van der Waals surface area contributed by atoms with Gasteiger partial charge >= 0.3 is 0 Å². The maximum Gasteiger partial charge on any atom is 0.138 e. The lowest BCUT2D eigenvalue weighted by atomic mass is 10.3. The van der Waals surface area contributed by atoms with Crippen molar-refractivity contribution < 1.29 is 14.2 Å². The zero-order chi connectivity index (χ0) is 11.3. The Morgan fingerprint density at radius 3 is 2.93 bits per heavy atom. The Hall–Kier alpha value is -0.780. The van der Waals surface area contributed by atoms with Crippen LogP contribution in [-0.2, 0) is 4.74 Å². The molecule has 0 saturated heterocycles. The van der Waals surface area contributed by atoms with Gasteiger partial charge in [0.05, 0.1) is 12.7 Å². The van der Waals surface area contributed by atoms with E-state index >= 15 is 0 Å². The number of hydrogen-bond donors (Lipinski definition) is 2. The van der Waals surface area contributed by atoms with Crippen LogP contribution in [0.2, 0.25) is 0 Å². The second kappa shape index (κ2) is 5.95. The van der Waals surface area contributed by atoms with E-state index in [0.29, 0.717) is 16.3 Å². The largest absolute Gasteiger partial charge is 0.399 e. The molecule has 84 valence electrons.